The Balaban J connectivity index is 2.35. The van der Waals surface area contributed by atoms with E-state index in [4.69, 9.17) is 16.9 Å². The quantitative estimate of drug-likeness (QED) is 0.919. The van der Waals surface area contributed by atoms with Gasteiger partial charge in [-0.3, -0.25) is 4.57 Å². The number of nitriles is 1. The monoisotopic (exact) mass is 288 g/mol. The predicted molar refractivity (Wildman–Crippen MR) is 79.8 cm³/mol. The van der Waals surface area contributed by atoms with Gasteiger partial charge >= 0.3 is 0 Å². The number of hydrogen-bond donors (Lipinski definition) is 1. The first kappa shape index (κ1) is 14.6. The molecule has 20 heavy (non-hydrogen) atoms. The van der Waals surface area contributed by atoms with E-state index in [1.807, 2.05) is 18.2 Å². The van der Waals surface area contributed by atoms with Crippen LogP contribution in [0.25, 0.3) is 5.69 Å². The minimum absolute atomic E-state index is 0.336. The topological polar surface area (TPSA) is 53.6 Å². The van der Waals surface area contributed by atoms with Crippen LogP contribution in [0.3, 0.4) is 0 Å². The van der Waals surface area contributed by atoms with Crippen LogP contribution in [0.4, 0.5) is 0 Å². The van der Waals surface area contributed by atoms with Crippen molar-refractivity contribution in [2.24, 2.45) is 5.92 Å². The van der Waals surface area contributed by atoms with Crippen LogP contribution in [-0.4, -0.2) is 16.1 Å². The summed E-state index contributed by atoms with van der Waals surface area (Å²) in [7, 11) is 0. The van der Waals surface area contributed by atoms with Crippen LogP contribution in [0.15, 0.2) is 30.6 Å². The van der Waals surface area contributed by atoms with Crippen LogP contribution in [-0.2, 0) is 6.54 Å². The average Bonchev–Trinajstić information content (AvgIpc) is 2.86. The van der Waals surface area contributed by atoms with Gasteiger partial charge in [0.05, 0.1) is 10.7 Å². The minimum atomic E-state index is 0.336. The Labute approximate surface area is 124 Å². The predicted octanol–water partition coefficient (Wildman–Crippen LogP) is 3.14. The molecule has 0 radical (unpaired) electrons. The van der Waals surface area contributed by atoms with E-state index in [1.165, 1.54) is 0 Å². The SMILES string of the molecule is CC(C)CNCc1cccc(Cl)c1-n1ccnc1C#N. The third-order valence-corrected chi connectivity index (χ3v) is 3.23. The highest BCUT2D eigenvalue weighted by Crippen LogP contribution is 2.25. The lowest BCUT2D eigenvalue weighted by molar-refractivity contribution is 0.551. The molecule has 0 fully saturated rings. The van der Waals surface area contributed by atoms with Crippen molar-refractivity contribution in [3.63, 3.8) is 0 Å². The smallest absolute Gasteiger partial charge is 0.217 e. The largest absolute Gasteiger partial charge is 0.312 e. The van der Waals surface area contributed by atoms with Crippen molar-refractivity contribution < 1.29 is 0 Å². The standard InChI is InChI=1S/C15H17ClN4/c1-11(2)9-18-10-12-4-3-5-13(16)15(12)20-7-6-19-14(20)8-17/h3-7,11,18H,9-10H2,1-2H3. The number of imidazole rings is 1. The van der Waals surface area contributed by atoms with E-state index in [9.17, 15) is 0 Å². The molecule has 5 heteroatoms. The second kappa shape index (κ2) is 6.56. The number of aromatic nitrogens is 2. The minimum Gasteiger partial charge on any atom is -0.312 e. The number of benzene rings is 1. The van der Waals surface area contributed by atoms with Gasteiger partial charge in [0, 0.05) is 18.9 Å². The molecule has 104 valence electrons. The van der Waals surface area contributed by atoms with Crippen molar-refractivity contribution >= 4 is 11.6 Å². The van der Waals surface area contributed by atoms with Crippen LogP contribution in [0, 0.1) is 17.2 Å². The summed E-state index contributed by atoms with van der Waals surface area (Å²) in [5.41, 5.74) is 1.87. The molecule has 4 nitrogen and oxygen atoms in total. The Morgan fingerprint density at radius 3 is 2.95 bits per heavy atom. The van der Waals surface area contributed by atoms with Crippen LogP contribution >= 0.6 is 11.6 Å². The molecule has 1 aromatic heterocycles. The normalized spacial score (nSPS) is 10.8. The van der Waals surface area contributed by atoms with E-state index in [1.54, 1.807) is 17.0 Å². The zero-order valence-corrected chi connectivity index (χ0v) is 12.4. The summed E-state index contributed by atoms with van der Waals surface area (Å²) in [6.45, 7) is 5.96. The summed E-state index contributed by atoms with van der Waals surface area (Å²) in [4.78, 5) is 4.02. The van der Waals surface area contributed by atoms with Gasteiger partial charge in [0.25, 0.3) is 0 Å². The van der Waals surface area contributed by atoms with E-state index >= 15 is 0 Å². The molecular formula is C15H17ClN4. The number of para-hydroxylation sites is 1. The number of nitrogens with zero attached hydrogens (tertiary/aromatic N) is 3. The van der Waals surface area contributed by atoms with E-state index in [2.05, 4.69) is 30.2 Å². The molecular weight excluding hydrogens is 272 g/mol. The van der Waals surface area contributed by atoms with Crippen molar-refractivity contribution in [2.45, 2.75) is 20.4 Å². The lowest BCUT2D eigenvalue weighted by atomic mass is 10.1. The Hall–Kier alpha value is -1.83. The summed E-state index contributed by atoms with van der Waals surface area (Å²) in [5.74, 6) is 0.920. The summed E-state index contributed by atoms with van der Waals surface area (Å²) in [6, 6.07) is 7.83. The Kier molecular flexibility index (Phi) is 4.78. The summed E-state index contributed by atoms with van der Waals surface area (Å²) in [6.07, 6.45) is 3.36. The first-order chi connectivity index (χ1) is 9.63. The van der Waals surface area contributed by atoms with E-state index in [0.29, 0.717) is 23.3 Å². The molecule has 0 saturated heterocycles. The van der Waals surface area contributed by atoms with Gasteiger partial charge in [0.15, 0.2) is 0 Å². The second-order valence-corrected chi connectivity index (χ2v) is 5.41. The van der Waals surface area contributed by atoms with E-state index < -0.39 is 0 Å². The number of halogens is 1. The fourth-order valence-corrected chi connectivity index (χ4v) is 2.32. The van der Waals surface area contributed by atoms with Gasteiger partial charge in [0.2, 0.25) is 5.82 Å². The highest BCUT2D eigenvalue weighted by Gasteiger charge is 2.12. The lowest BCUT2D eigenvalue weighted by Crippen LogP contribution is -2.20. The third-order valence-electron chi connectivity index (χ3n) is 2.92. The summed E-state index contributed by atoms with van der Waals surface area (Å²) >= 11 is 6.31. The zero-order valence-electron chi connectivity index (χ0n) is 11.6. The Morgan fingerprint density at radius 1 is 1.45 bits per heavy atom. The van der Waals surface area contributed by atoms with Gasteiger partial charge in [-0.25, -0.2) is 4.98 Å². The molecule has 2 aromatic rings. The van der Waals surface area contributed by atoms with Crippen molar-refractivity contribution in [3.05, 3.63) is 47.0 Å². The molecule has 0 aliphatic rings. The maximum atomic E-state index is 9.11. The third kappa shape index (κ3) is 3.19. The molecule has 0 aliphatic heterocycles. The molecule has 0 aliphatic carbocycles. The van der Waals surface area contributed by atoms with Crippen LogP contribution in [0.5, 0.6) is 0 Å². The molecule has 1 aromatic carbocycles. The Bertz CT molecular complexity index is 625. The molecule has 0 spiro atoms. The van der Waals surface area contributed by atoms with Crippen LogP contribution < -0.4 is 5.32 Å². The number of hydrogen-bond acceptors (Lipinski definition) is 3. The zero-order chi connectivity index (χ0) is 14.5. The highest BCUT2D eigenvalue weighted by atomic mass is 35.5. The first-order valence-corrected chi connectivity index (χ1v) is 6.93. The van der Waals surface area contributed by atoms with Crippen molar-refractivity contribution in [2.75, 3.05) is 6.54 Å². The second-order valence-electron chi connectivity index (χ2n) is 5.00. The van der Waals surface area contributed by atoms with Crippen molar-refractivity contribution in [1.29, 1.82) is 5.26 Å². The molecule has 0 amide bonds. The van der Waals surface area contributed by atoms with E-state index in [-0.39, 0.29) is 0 Å². The molecule has 1 heterocycles. The molecule has 1 N–H and O–H groups in total. The molecule has 2 rings (SSSR count). The fourth-order valence-electron chi connectivity index (χ4n) is 2.03. The van der Waals surface area contributed by atoms with Gasteiger partial charge in [-0.2, -0.15) is 5.26 Å². The molecule has 0 bridgehead atoms. The fraction of sp³-hybridized carbons (Fsp3) is 0.333. The van der Waals surface area contributed by atoms with Crippen molar-refractivity contribution in [1.82, 2.24) is 14.9 Å². The van der Waals surface area contributed by atoms with Crippen molar-refractivity contribution in [3.8, 4) is 11.8 Å². The lowest BCUT2D eigenvalue weighted by Gasteiger charge is -2.14. The van der Waals surface area contributed by atoms with Gasteiger partial charge in [-0.1, -0.05) is 37.6 Å². The maximum absolute atomic E-state index is 9.11. The van der Waals surface area contributed by atoms with Gasteiger partial charge in [-0.05, 0) is 24.1 Å². The maximum Gasteiger partial charge on any atom is 0.217 e. The molecule has 0 unspecified atom stereocenters. The van der Waals surface area contributed by atoms with E-state index in [0.717, 1.165) is 17.8 Å². The molecule has 0 atom stereocenters. The number of nitrogens with one attached hydrogen (secondary N) is 1. The first-order valence-electron chi connectivity index (χ1n) is 6.55. The summed E-state index contributed by atoms with van der Waals surface area (Å²) in [5, 5.41) is 13.1. The van der Waals surface area contributed by atoms with Crippen LogP contribution in [0.2, 0.25) is 5.02 Å². The highest BCUT2D eigenvalue weighted by molar-refractivity contribution is 6.32. The number of rotatable bonds is 5. The molecule has 0 saturated carbocycles. The van der Waals surface area contributed by atoms with Gasteiger partial charge in [-0.15, -0.1) is 0 Å². The van der Waals surface area contributed by atoms with Crippen LogP contribution in [0.1, 0.15) is 25.2 Å². The average molecular weight is 289 g/mol. The van der Waals surface area contributed by atoms with Gasteiger partial charge < -0.3 is 5.32 Å². The van der Waals surface area contributed by atoms with Gasteiger partial charge in [0.1, 0.15) is 6.07 Å². The Morgan fingerprint density at radius 2 is 2.25 bits per heavy atom. The summed E-state index contributed by atoms with van der Waals surface area (Å²) < 4.78 is 1.73.